The van der Waals surface area contributed by atoms with Gasteiger partial charge in [0.15, 0.2) is 0 Å². The molecule has 0 aromatic heterocycles. The van der Waals surface area contributed by atoms with Crippen LogP contribution in [0.5, 0.6) is 0 Å². The lowest BCUT2D eigenvalue weighted by atomic mass is 9.79. The van der Waals surface area contributed by atoms with Crippen LogP contribution >= 0.6 is 12.4 Å². The molecule has 0 aromatic carbocycles. The molecule has 2 aliphatic heterocycles. The van der Waals surface area contributed by atoms with E-state index < -0.39 is 5.41 Å². The van der Waals surface area contributed by atoms with Crippen molar-refractivity contribution in [1.82, 2.24) is 10.2 Å². The molecule has 7 heteroatoms. The van der Waals surface area contributed by atoms with Crippen molar-refractivity contribution in [1.29, 1.82) is 0 Å². The molecule has 0 spiro atoms. The van der Waals surface area contributed by atoms with E-state index in [1.165, 1.54) is 12.8 Å². The summed E-state index contributed by atoms with van der Waals surface area (Å²) in [5.41, 5.74) is 5.30. The number of carbonyl (C=O) groups excluding carboxylic acids is 2. The van der Waals surface area contributed by atoms with Crippen LogP contribution in [-0.2, 0) is 14.3 Å². The van der Waals surface area contributed by atoms with Crippen LogP contribution in [-0.4, -0.2) is 56.1 Å². The maximum absolute atomic E-state index is 12.4. The minimum absolute atomic E-state index is 0. The third-order valence-corrected chi connectivity index (χ3v) is 4.91. The predicted molar refractivity (Wildman–Crippen MR) is 91.5 cm³/mol. The Morgan fingerprint density at radius 2 is 1.70 bits per heavy atom. The van der Waals surface area contributed by atoms with Crippen molar-refractivity contribution in [3.63, 3.8) is 0 Å². The van der Waals surface area contributed by atoms with E-state index in [4.69, 9.17) is 10.5 Å². The van der Waals surface area contributed by atoms with Crippen molar-refractivity contribution in [3.05, 3.63) is 0 Å². The van der Waals surface area contributed by atoms with E-state index in [1.54, 1.807) is 0 Å². The van der Waals surface area contributed by atoms with Crippen molar-refractivity contribution < 1.29 is 14.3 Å². The van der Waals surface area contributed by atoms with Crippen LogP contribution < -0.4 is 11.1 Å². The van der Waals surface area contributed by atoms with Crippen molar-refractivity contribution in [2.75, 3.05) is 39.4 Å². The summed E-state index contributed by atoms with van der Waals surface area (Å²) in [6, 6.07) is 0. The highest BCUT2D eigenvalue weighted by atomic mass is 35.5. The first-order valence-corrected chi connectivity index (χ1v) is 8.52. The Morgan fingerprint density at radius 3 is 2.26 bits per heavy atom. The Morgan fingerprint density at radius 1 is 1.09 bits per heavy atom. The molecule has 2 fully saturated rings. The fourth-order valence-corrected chi connectivity index (χ4v) is 3.23. The van der Waals surface area contributed by atoms with E-state index >= 15 is 0 Å². The average Bonchev–Trinajstić information content (AvgIpc) is 2.84. The maximum atomic E-state index is 12.4. The smallest absolute Gasteiger partial charge is 0.227 e. The van der Waals surface area contributed by atoms with E-state index in [0.717, 1.165) is 25.9 Å². The lowest BCUT2D eigenvalue weighted by Crippen LogP contribution is -2.49. The molecule has 23 heavy (non-hydrogen) atoms. The third-order valence-electron chi connectivity index (χ3n) is 4.91. The molecule has 2 heterocycles. The van der Waals surface area contributed by atoms with Crippen LogP contribution in [0.3, 0.4) is 0 Å². The van der Waals surface area contributed by atoms with Crippen LogP contribution in [0.15, 0.2) is 0 Å². The Balaban J connectivity index is 0.00000264. The lowest BCUT2D eigenvalue weighted by molar-refractivity contribution is -0.136. The monoisotopic (exact) mass is 347 g/mol. The third kappa shape index (κ3) is 5.62. The minimum atomic E-state index is -0.510. The largest absolute Gasteiger partial charge is 0.381 e. The van der Waals surface area contributed by atoms with Gasteiger partial charge in [0.2, 0.25) is 11.8 Å². The Bertz CT molecular complexity index is 379. The van der Waals surface area contributed by atoms with Crippen LogP contribution in [0.2, 0.25) is 0 Å². The van der Waals surface area contributed by atoms with Crippen molar-refractivity contribution >= 4 is 24.2 Å². The quantitative estimate of drug-likeness (QED) is 0.779. The first-order chi connectivity index (χ1) is 10.7. The summed E-state index contributed by atoms with van der Waals surface area (Å²) in [5, 5.41) is 2.91. The minimum Gasteiger partial charge on any atom is -0.381 e. The lowest BCUT2D eigenvalue weighted by Gasteiger charge is -2.34. The molecule has 2 rings (SSSR count). The maximum Gasteiger partial charge on any atom is 0.227 e. The predicted octanol–water partition coefficient (Wildman–Crippen LogP) is 1.07. The molecule has 2 amide bonds. The molecule has 0 aromatic rings. The number of amides is 2. The van der Waals surface area contributed by atoms with Gasteiger partial charge in [-0.1, -0.05) is 12.8 Å². The number of carbonyl (C=O) groups is 2. The second kappa shape index (κ2) is 10.1. The van der Waals surface area contributed by atoms with Crippen molar-refractivity contribution in [2.24, 2.45) is 11.1 Å². The van der Waals surface area contributed by atoms with Gasteiger partial charge < -0.3 is 20.7 Å². The summed E-state index contributed by atoms with van der Waals surface area (Å²) in [6.45, 7) is 3.61. The number of halogens is 1. The molecule has 0 bridgehead atoms. The summed E-state index contributed by atoms with van der Waals surface area (Å²) in [7, 11) is 0. The molecule has 0 aliphatic carbocycles. The van der Waals surface area contributed by atoms with Gasteiger partial charge in [0.25, 0.3) is 0 Å². The average molecular weight is 348 g/mol. The van der Waals surface area contributed by atoms with Gasteiger partial charge in [-0.15, -0.1) is 12.4 Å². The second-order valence-electron chi connectivity index (χ2n) is 6.40. The molecule has 6 nitrogen and oxygen atoms in total. The highest BCUT2D eigenvalue weighted by molar-refractivity contribution is 5.85. The molecule has 0 unspecified atom stereocenters. The topological polar surface area (TPSA) is 84.7 Å². The van der Waals surface area contributed by atoms with Crippen LogP contribution in [0.25, 0.3) is 0 Å². The van der Waals surface area contributed by atoms with Crippen LogP contribution in [0, 0.1) is 5.41 Å². The number of likely N-dealkylation sites (tertiary alicyclic amines) is 1. The Labute approximate surface area is 144 Å². The first kappa shape index (κ1) is 20.2. The Hall–Kier alpha value is -0.850. The number of nitrogens with zero attached hydrogens (tertiary/aromatic N) is 1. The number of nitrogens with one attached hydrogen (secondary N) is 1. The summed E-state index contributed by atoms with van der Waals surface area (Å²) >= 11 is 0. The SMILES string of the molecule is Cl.NCC1(C(=O)NCCC(=O)N2CCCCCC2)CCOCC1. The summed E-state index contributed by atoms with van der Waals surface area (Å²) in [6.07, 6.45) is 6.31. The number of rotatable bonds is 5. The van der Waals surface area contributed by atoms with E-state index in [2.05, 4.69) is 5.32 Å². The van der Waals surface area contributed by atoms with Gasteiger partial charge in [-0.25, -0.2) is 0 Å². The standard InChI is InChI=1S/C16H29N3O3.ClH/c17-13-16(6-11-22-12-7-16)15(21)18-8-5-14(20)19-9-3-1-2-4-10-19;/h1-13,17H2,(H,18,21);1H. The molecular formula is C16H30ClN3O3. The zero-order chi connectivity index (χ0) is 15.8. The molecule has 134 valence electrons. The van der Waals surface area contributed by atoms with E-state index in [-0.39, 0.29) is 24.2 Å². The first-order valence-electron chi connectivity index (χ1n) is 8.52. The normalized spacial score (nSPS) is 21.0. The molecule has 3 N–H and O–H groups in total. The zero-order valence-electron chi connectivity index (χ0n) is 13.8. The van der Waals surface area contributed by atoms with Gasteiger partial charge in [-0.2, -0.15) is 0 Å². The van der Waals surface area contributed by atoms with Crippen LogP contribution in [0.1, 0.15) is 44.9 Å². The van der Waals surface area contributed by atoms with Crippen LogP contribution in [0.4, 0.5) is 0 Å². The fraction of sp³-hybridized carbons (Fsp3) is 0.875. The van der Waals surface area contributed by atoms with Crippen molar-refractivity contribution in [2.45, 2.75) is 44.9 Å². The number of hydrogen-bond donors (Lipinski definition) is 2. The number of ether oxygens (including phenoxy) is 1. The molecule has 0 radical (unpaired) electrons. The zero-order valence-corrected chi connectivity index (χ0v) is 14.7. The fourth-order valence-electron chi connectivity index (χ4n) is 3.23. The summed E-state index contributed by atoms with van der Waals surface area (Å²) in [5.74, 6) is 0.123. The summed E-state index contributed by atoms with van der Waals surface area (Å²) < 4.78 is 5.31. The van der Waals surface area contributed by atoms with Gasteiger partial charge >= 0.3 is 0 Å². The van der Waals surface area contributed by atoms with Crippen molar-refractivity contribution in [3.8, 4) is 0 Å². The van der Waals surface area contributed by atoms with Gasteiger partial charge in [-0.05, 0) is 25.7 Å². The van der Waals surface area contributed by atoms with E-state index in [1.807, 2.05) is 4.90 Å². The highest BCUT2D eigenvalue weighted by Crippen LogP contribution is 2.29. The second-order valence-corrected chi connectivity index (χ2v) is 6.40. The molecule has 2 aliphatic rings. The van der Waals surface area contributed by atoms with E-state index in [9.17, 15) is 9.59 Å². The summed E-state index contributed by atoms with van der Waals surface area (Å²) in [4.78, 5) is 26.5. The number of hydrogen-bond acceptors (Lipinski definition) is 4. The van der Waals surface area contributed by atoms with Gasteiger partial charge in [-0.3, -0.25) is 9.59 Å². The molecule has 2 saturated heterocycles. The molecule has 0 atom stereocenters. The van der Waals surface area contributed by atoms with E-state index in [0.29, 0.717) is 45.6 Å². The Kier molecular flexibility index (Phi) is 8.87. The highest BCUT2D eigenvalue weighted by Gasteiger charge is 2.38. The number of nitrogens with two attached hydrogens (primary N) is 1. The molecular weight excluding hydrogens is 318 g/mol. The molecule has 0 saturated carbocycles. The van der Waals surface area contributed by atoms with Gasteiger partial charge in [0, 0.05) is 45.8 Å². The van der Waals surface area contributed by atoms with Gasteiger partial charge in [0.05, 0.1) is 5.41 Å². The van der Waals surface area contributed by atoms with Gasteiger partial charge in [0.1, 0.15) is 0 Å².